The molecule has 0 spiro atoms. The number of nitrogens with zero attached hydrogens (tertiary/aromatic N) is 1. The first-order valence-electron chi connectivity index (χ1n) is 7.92. The first kappa shape index (κ1) is 15.6. The van der Waals surface area contributed by atoms with E-state index in [1.54, 1.807) is 0 Å². The van der Waals surface area contributed by atoms with E-state index in [0.29, 0.717) is 6.04 Å². The van der Waals surface area contributed by atoms with Gasteiger partial charge in [0.05, 0.1) is 6.61 Å². The van der Waals surface area contributed by atoms with Gasteiger partial charge in [-0.05, 0) is 69.7 Å². The van der Waals surface area contributed by atoms with Gasteiger partial charge in [-0.1, -0.05) is 6.42 Å². The standard InChI is InChI=1S/C15H30N2OS/c1-19-10-7-14(12-18)16-11-13-5-4-9-17-8-3-2-6-15(13)17/h13-16,18H,2-12H2,1H3/t13-,14-,15+/m0/s1. The minimum atomic E-state index is 0.279. The maximum Gasteiger partial charge on any atom is 0.0584 e. The molecular weight excluding hydrogens is 256 g/mol. The lowest BCUT2D eigenvalue weighted by Gasteiger charge is -2.44. The highest BCUT2D eigenvalue weighted by Crippen LogP contribution is 2.30. The summed E-state index contributed by atoms with van der Waals surface area (Å²) >= 11 is 1.87. The second-order valence-corrected chi connectivity index (χ2v) is 7.06. The van der Waals surface area contributed by atoms with Crippen molar-refractivity contribution in [2.45, 2.75) is 50.6 Å². The summed E-state index contributed by atoms with van der Waals surface area (Å²) in [6, 6.07) is 1.11. The second kappa shape index (κ2) is 8.50. The molecule has 112 valence electrons. The van der Waals surface area contributed by atoms with Crippen molar-refractivity contribution in [1.82, 2.24) is 10.2 Å². The van der Waals surface area contributed by atoms with E-state index in [2.05, 4.69) is 16.5 Å². The summed E-state index contributed by atoms with van der Waals surface area (Å²) in [6.07, 6.45) is 10.1. The molecule has 0 aromatic heterocycles. The number of rotatable bonds is 7. The monoisotopic (exact) mass is 286 g/mol. The third-order valence-corrected chi connectivity index (χ3v) is 5.43. The largest absolute Gasteiger partial charge is 0.395 e. The van der Waals surface area contributed by atoms with Crippen LogP contribution >= 0.6 is 11.8 Å². The summed E-state index contributed by atoms with van der Waals surface area (Å²) in [5, 5.41) is 13.0. The number of hydrogen-bond acceptors (Lipinski definition) is 4. The molecule has 2 aliphatic rings. The van der Waals surface area contributed by atoms with Gasteiger partial charge in [-0.3, -0.25) is 0 Å². The van der Waals surface area contributed by atoms with Gasteiger partial charge in [-0.2, -0.15) is 11.8 Å². The van der Waals surface area contributed by atoms with E-state index >= 15 is 0 Å². The Kier molecular flexibility index (Phi) is 6.99. The zero-order valence-electron chi connectivity index (χ0n) is 12.3. The van der Waals surface area contributed by atoms with Crippen LogP contribution in [0.5, 0.6) is 0 Å². The highest BCUT2D eigenvalue weighted by atomic mass is 32.2. The molecule has 0 aliphatic carbocycles. The number of piperidine rings is 2. The van der Waals surface area contributed by atoms with Gasteiger partial charge in [0.1, 0.15) is 0 Å². The Bertz CT molecular complexity index is 250. The summed E-state index contributed by atoms with van der Waals surface area (Å²) in [6.45, 7) is 4.01. The summed E-state index contributed by atoms with van der Waals surface area (Å²) in [4.78, 5) is 2.72. The Hall–Kier alpha value is 0.230. The fourth-order valence-electron chi connectivity index (χ4n) is 3.65. The van der Waals surface area contributed by atoms with E-state index in [0.717, 1.165) is 30.7 Å². The minimum Gasteiger partial charge on any atom is -0.395 e. The number of aliphatic hydroxyl groups excluding tert-OH is 1. The maximum atomic E-state index is 9.43. The van der Waals surface area contributed by atoms with Gasteiger partial charge in [0.2, 0.25) is 0 Å². The molecule has 2 heterocycles. The maximum absolute atomic E-state index is 9.43. The van der Waals surface area contributed by atoms with E-state index in [9.17, 15) is 5.11 Å². The Labute approximate surface area is 122 Å². The second-order valence-electron chi connectivity index (χ2n) is 6.07. The van der Waals surface area contributed by atoms with Crippen molar-refractivity contribution in [3.8, 4) is 0 Å². The molecule has 0 saturated carbocycles. The molecule has 2 saturated heterocycles. The van der Waals surface area contributed by atoms with Crippen molar-refractivity contribution in [3.63, 3.8) is 0 Å². The first-order chi connectivity index (χ1) is 9.35. The van der Waals surface area contributed by atoms with Crippen LogP contribution in [0, 0.1) is 5.92 Å². The number of thioether (sulfide) groups is 1. The molecule has 0 aromatic rings. The Balaban J connectivity index is 1.76. The van der Waals surface area contributed by atoms with Gasteiger partial charge in [0.25, 0.3) is 0 Å². The molecule has 2 rings (SSSR count). The molecule has 0 unspecified atom stereocenters. The van der Waals surface area contributed by atoms with E-state index in [4.69, 9.17) is 0 Å². The third kappa shape index (κ3) is 4.62. The molecule has 3 nitrogen and oxygen atoms in total. The zero-order chi connectivity index (χ0) is 13.5. The van der Waals surface area contributed by atoms with Crippen LogP contribution in [-0.2, 0) is 0 Å². The van der Waals surface area contributed by atoms with Crippen LogP contribution in [0.4, 0.5) is 0 Å². The van der Waals surface area contributed by atoms with Crippen LogP contribution in [0.2, 0.25) is 0 Å². The average Bonchev–Trinajstić information content (AvgIpc) is 2.47. The zero-order valence-corrected chi connectivity index (χ0v) is 13.1. The fourth-order valence-corrected chi connectivity index (χ4v) is 4.17. The van der Waals surface area contributed by atoms with Crippen molar-refractivity contribution in [2.24, 2.45) is 5.92 Å². The van der Waals surface area contributed by atoms with Gasteiger partial charge in [0.15, 0.2) is 0 Å². The van der Waals surface area contributed by atoms with E-state index < -0.39 is 0 Å². The van der Waals surface area contributed by atoms with E-state index in [1.165, 1.54) is 45.2 Å². The lowest BCUT2D eigenvalue weighted by molar-refractivity contribution is 0.0569. The minimum absolute atomic E-state index is 0.279. The van der Waals surface area contributed by atoms with Crippen LogP contribution in [0.25, 0.3) is 0 Å². The normalized spacial score (nSPS) is 30.0. The molecule has 0 amide bonds. The van der Waals surface area contributed by atoms with Crippen LogP contribution in [-0.4, -0.2) is 60.3 Å². The van der Waals surface area contributed by atoms with Crippen molar-refractivity contribution in [3.05, 3.63) is 0 Å². The predicted molar refractivity (Wildman–Crippen MR) is 83.8 cm³/mol. The Morgan fingerprint density at radius 2 is 2.11 bits per heavy atom. The molecule has 2 aliphatic heterocycles. The van der Waals surface area contributed by atoms with Crippen molar-refractivity contribution in [1.29, 1.82) is 0 Å². The number of aliphatic hydroxyl groups is 1. The van der Waals surface area contributed by atoms with Gasteiger partial charge in [0, 0.05) is 12.1 Å². The topological polar surface area (TPSA) is 35.5 Å². The lowest BCUT2D eigenvalue weighted by Crippen LogP contribution is -2.51. The van der Waals surface area contributed by atoms with Crippen LogP contribution in [0.3, 0.4) is 0 Å². The quantitative estimate of drug-likeness (QED) is 0.750. The van der Waals surface area contributed by atoms with Crippen molar-refractivity contribution < 1.29 is 5.11 Å². The van der Waals surface area contributed by atoms with Crippen LogP contribution in [0.1, 0.15) is 38.5 Å². The average molecular weight is 286 g/mol. The Morgan fingerprint density at radius 3 is 2.89 bits per heavy atom. The first-order valence-corrected chi connectivity index (χ1v) is 9.31. The van der Waals surface area contributed by atoms with Gasteiger partial charge in [-0.15, -0.1) is 0 Å². The van der Waals surface area contributed by atoms with Gasteiger partial charge in [-0.25, -0.2) is 0 Å². The SMILES string of the molecule is CSCC[C@@H](CO)NC[C@@H]1CCCN2CCCC[C@H]12. The van der Waals surface area contributed by atoms with Gasteiger partial charge >= 0.3 is 0 Å². The predicted octanol–water partition coefficient (Wildman–Crippen LogP) is 1.95. The molecule has 0 aromatic carbocycles. The molecule has 2 N–H and O–H groups in total. The fraction of sp³-hybridized carbons (Fsp3) is 1.00. The number of fused-ring (bicyclic) bond motifs is 1. The molecule has 19 heavy (non-hydrogen) atoms. The van der Waals surface area contributed by atoms with Crippen LogP contribution in [0.15, 0.2) is 0 Å². The highest BCUT2D eigenvalue weighted by Gasteiger charge is 2.32. The number of nitrogens with one attached hydrogen (secondary N) is 1. The summed E-state index contributed by atoms with van der Waals surface area (Å²) in [5.74, 6) is 1.94. The Morgan fingerprint density at radius 1 is 1.26 bits per heavy atom. The van der Waals surface area contributed by atoms with E-state index in [-0.39, 0.29) is 6.61 Å². The lowest BCUT2D eigenvalue weighted by atomic mass is 9.83. The third-order valence-electron chi connectivity index (χ3n) is 4.79. The van der Waals surface area contributed by atoms with Crippen molar-refractivity contribution >= 4 is 11.8 Å². The molecule has 0 radical (unpaired) electrons. The van der Waals surface area contributed by atoms with Crippen LogP contribution < -0.4 is 5.32 Å². The number of hydrogen-bond donors (Lipinski definition) is 2. The van der Waals surface area contributed by atoms with Gasteiger partial charge < -0.3 is 15.3 Å². The smallest absolute Gasteiger partial charge is 0.0584 e. The molecule has 2 fully saturated rings. The van der Waals surface area contributed by atoms with Crippen molar-refractivity contribution in [2.75, 3.05) is 38.2 Å². The molecule has 0 bridgehead atoms. The summed E-state index contributed by atoms with van der Waals surface area (Å²) in [7, 11) is 0. The molecule has 3 atom stereocenters. The highest BCUT2D eigenvalue weighted by molar-refractivity contribution is 7.98. The summed E-state index contributed by atoms with van der Waals surface area (Å²) in [5.41, 5.74) is 0. The molecule has 4 heteroatoms. The summed E-state index contributed by atoms with van der Waals surface area (Å²) < 4.78 is 0. The van der Waals surface area contributed by atoms with E-state index in [1.807, 2.05) is 11.8 Å². The molecular formula is C15H30N2OS.